The molecule has 1 heterocycles. The Balaban J connectivity index is 1.53. The molecule has 0 bridgehead atoms. The van der Waals surface area contributed by atoms with Crippen molar-refractivity contribution in [1.29, 1.82) is 0 Å². The zero-order chi connectivity index (χ0) is 23.2. The number of nitrogens with one attached hydrogen (secondary N) is 3. The number of hydrogen-bond donors (Lipinski definition) is 3. The molecule has 3 aromatic rings. The second kappa shape index (κ2) is 11.0. The molecule has 1 aromatic heterocycles. The fourth-order valence-corrected chi connectivity index (χ4v) is 4.77. The number of halogens is 2. The molecule has 172 valence electrons. The normalized spacial score (nSPS) is 13.9. The van der Waals surface area contributed by atoms with Gasteiger partial charge >= 0.3 is 12.1 Å². The number of hydrogen-bond acceptors (Lipinski definition) is 4. The van der Waals surface area contributed by atoms with E-state index in [2.05, 4.69) is 37.0 Å². The van der Waals surface area contributed by atoms with Crippen molar-refractivity contribution in [2.75, 3.05) is 10.3 Å². The topological polar surface area (TPSA) is 86.4 Å². The SMILES string of the molecule is O=C(NC1CCCCC1)NN(C(=O)Nc1ccc(Cl)cc1)c1nc(-c2ccc(Br)cc2)cs1. The smallest absolute Gasteiger partial charge is 0.334 e. The zero-order valence-corrected chi connectivity index (χ0v) is 20.8. The van der Waals surface area contributed by atoms with E-state index in [4.69, 9.17) is 11.6 Å². The van der Waals surface area contributed by atoms with Crippen LogP contribution in [-0.4, -0.2) is 23.1 Å². The first-order valence-electron chi connectivity index (χ1n) is 10.6. The van der Waals surface area contributed by atoms with Crippen LogP contribution in [0.5, 0.6) is 0 Å². The molecule has 2 aromatic carbocycles. The summed E-state index contributed by atoms with van der Waals surface area (Å²) in [6, 6.07) is 13.6. The van der Waals surface area contributed by atoms with E-state index in [1.54, 1.807) is 24.3 Å². The molecule has 4 amide bonds. The van der Waals surface area contributed by atoms with Gasteiger partial charge in [0, 0.05) is 32.2 Å². The van der Waals surface area contributed by atoms with Crippen molar-refractivity contribution in [3.8, 4) is 11.3 Å². The second-order valence-electron chi connectivity index (χ2n) is 7.71. The average molecular weight is 549 g/mol. The van der Waals surface area contributed by atoms with Crippen LogP contribution in [0.3, 0.4) is 0 Å². The van der Waals surface area contributed by atoms with Gasteiger partial charge in [0.25, 0.3) is 0 Å². The highest BCUT2D eigenvalue weighted by Gasteiger charge is 2.24. The molecule has 4 rings (SSSR count). The summed E-state index contributed by atoms with van der Waals surface area (Å²) in [6.07, 6.45) is 5.25. The molecule has 0 atom stereocenters. The Kier molecular flexibility index (Phi) is 7.85. The standard InChI is InChI=1S/C23H23BrClN5O2S/c24-16-8-6-15(7-9-16)20-14-33-23(28-20)30(22(32)27-19-12-10-17(25)11-13-19)29-21(31)26-18-4-2-1-3-5-18/h6-14,18H,1-5H2,(H,27,32)(H2,26,29,31). The van der Waals surface area contributed by atoms with Crippen molar-refractivity contribution in [3.05, 3.63) is 63.4 Å². The van der Waals surface area contributed by atoms with Gasteiger partial charge < -0.3 is 10.6 Å². The van der Waals surface area contributed by atoms with Crippen LogP contribution in [-0.2, 0) is 0 Å². The Labute approximate surface area is 209 Å². The van der Waals surface area contributed by atoms with Crippen LogP contribution >= 0.6 is 38.9 Å². The van der Waals surface area contributed by atoms with Gasteiger partial charge in [0.15, 0.2) is 0 Å². The summed E-state index contributed by atoms with van der Waals surface area (Å²) in [6.45, 7) is 0. The molecule has 0 radical (unpaired) electrons. The highest BCUT2D eigenvalue weighted by Crippen LogP contribution is 2.28. The van der Waals surface area contributed by atoms with Crippen molar-refractivity contribution < 1.29 is 9.59 Å². The van der Waals surface area contributed by atoms with Gasteiger partial charge in [-0.2, -0.15) is 5.01 Å². The summed E-state index contributed by atoms with van der Waals surface area (Å²) >= 11 is 10.6. The fourth-order valence-electron chi connectivity index (χ4n) is 3.58. The third kappa shape index (κ3) is 6.46. The summed E-state index contributed by atoms with van der Waals surface area (Å²) in [5, 5.41) is 9.65. The Morgan fingerprint density at radius 3 is 2.42 bits per heavy atom. The Morgan fingerprint density at radius 1 is 1.03 bits per heavy atom. The Hall–Kier alpha value is -2.62. The summed E-state index contributed by atoms with van der Waals surface area (Å²) in [7, 11) is 0. The lowest BCUT2D eigenvalue weighted by Crippen LogP contribution is -2.54. The number of anilines is 2. The fraction of sp³-hybridized carbons (Fsp3) is 0.261. The summed E-state index contributed by atoms with van der Waals surface area (Å²) in [5.41, 5.74) is 4.84. The molecule has 0 spiro atoms. The molecule has 1 aliphatic carbocycles. The van der Waals surface area contributed by atoms with Gasteiger partial charge in [0.05, 0.1) is 5.69 Å². The molecule has 1 saturated carbocycles. The van der Waals surface area contributed by atoms with Crippen LogP contribution in [0, 0.1) is 0 Å². The lowest BCUT2D eigenvalue weighted by atomic mass is 9.96. The van der Waals surface area contributed by atoms with Gasteiger partial charge in [0.1, 0.15) is 0 Å². The number of benzene rings is 2. The molecule has 33 heavy (non-hydrogen) atoms. The third-order valence-corrected chi connectivity index (χ3v) is 6.88. The zero-order valence-electron chi connectivity index (χ0n) is 17.7. The number of nitrogens with zero attached hydrogens (tertiary/aromatic N) is 2. The minimum absolute atomic E-state index is 0.106. The molecular formula is C23H23BrClN5O2S. The van der Waals surface area contributed by atoms with Crippen molar-refractivity contribution in [2.45, 2.75) is 38.1 Å². The van der Waals surface area contributed by atoms with Gasteiger partial charge in [-0.15, -0.1) is 11.3 Å². The maximum Gasteiger partial charge on any atom is 0.347 e. The van der Waals surface area contributed by atoms with Crippen LogP contribution in [0.15, 0.2) is 58.4 Å². The van der Waals surface area contributed by atoms with Gasteiger partial charge in [0.2, 0.25) is 5.13 Å². The highest BCUT2D eigenvalue weighted by molar-refractivity contribution is 9.10. The van der Waals surface area contributed by atoms with Crippen LogP contribution < -0.4 is 21.1 Å². The maximum atomic E-state index is 13.1. The van der Waals surface area contributed by atoms with E-state index >= 15 is 0 Å². The van der Waals surface area contributed by atoms with Gasteiger partial charge in [-0.1, -0.05) is 58.9 Å². The molecule has 0 unspecified atom stereocenters. The molecule has 7 nitrogen and oxygen atoms in total. The van der Waals surface area contributed by atoms with Crippen LogP contribution in [0.4, 0.5) is 20.4 Å². The predicted molar refractivity (Wildman–Crippen MR) is 137 cm³/mol. The van der Waals surface area contributed by atoms with Gasteiger partial charge in [-0.05, 0) is 49.2 Å². The Bertz CT molecular complexity index is 1100. The molecule has 0 aliphatic heterocycles. The van der Waals surface area contributed by atoms with Crippen molar-refractivity contribution in [3.63, 3.8) is 0 Å². The van der Waals surface area contributed by atoms with Gasteiger partial charge in [-0.25, -0.2) is 20.0 Å². The third-order valence-electron chi connectivity index (χ3n) is 5.28. The number of amides is 4. The number of aromatic nitrogens is 1. The first-order chi connectivity index (χ1) is 16.0. The summed E-state index contributed by atoms with van der Waals surface area (Å²) in [4.78, 5) is 30.4. The molecule has 0 saturated heterocycles. The van der Waals surface area contributed by atoms with Crippen molar-refractivity contribution in [2.24, 2.45) is 0 Å². The van der Waals surface area contributed by atoms with E-state index in [9.17, 15) is 9.59 Å². The highest BCUT2D eigenvalue weighted by atomic mass is 79.9. The molecule has 1 fully saturated rings. The van der Waals surface area contributed by atoms with E-state index in [0.29, 0.717) is 21.5 Å². The number of urea groups is 2. The number of carbonyl (C=O) groups is 2. The minimum atomic E-state index is -0.534. The number of thiazole rings is 1. The quantitative estimate of drug-likeness (QED) is 0.313. The van der Waals surface area contributed by atoms with Crippen molar-refractivity contribution in [1.82, 2.24) is 15.7 Å². The monoisotopic (exact) mass is 547 g/mol. The molecule has 1 aliphatic rings. The lowest BCUT2D eigenvalue weighted by molar-refractivity contribution is 0.228. The second-order valence-corrected chi connectivity index (χ2v) is 9.90. The van der Waals surface area contributed by atoms with E-state index in [1.165, 1.54) is 17.8 Å². The van der Waals surface area contributed by atoms with Crippen LogP contribution in [0.25, 0.3) is 11.3 Å². The largest absolute Gasteiger partial charge is 0.347 e. The van der Waals surface area contributed by atoms with Gasteiger partial charge in [-0.3, -0.25) is 0 Å². The number of hydrazine groups is 1. The molecular weight excluding hydrogens is 526 g/mol. The van der Waals surface area contributed by atoms with Crippen molar-refractivity contribution >= 4 is 61.7 Å². The van der Waals surface area contributed by atoms with Crippen LogP contribution in [0.1, 0.15) is 32.1 Å². The number of carbonyl (C=O) groups excluding carboxylic acids is 2. The van der Waals surface area contributed by atoms with E-state index in [1.807, 2.05) is 29.6 Å². The number of rotatable bonds is 4. The minimum Gasteiger partial charge on any atom is -0.334 e. The summed E-state index contributed by atoms with van der Waals surface area (Å²) in [5.74, 6) is 0. The predicted octanol–water partition coefficient (Wildman–Crippen LogP) is 6.81. The average Bonchev–Trinajstić information content (AvgIpc) is 3.30. The maximum absolute atomic E-state index is 13.1. The van der Waals surface area contributed by atoms with E-state index in [0.717, 1.165) is 40.7 Å². The first kappa shape index (κ1) is 23.5. The summed E-state index contributed by atoms with van der Waals surface area (Å²) < 4.78 is 0.965. The molecule has 10 heteroatoms. The first-order valence-corrected chi connectivity index (χ1v) is 12.7. The van der Waals surface area contributed by atoms with E-state index < -0.39 is 12.1 Å². The van der Waals surface area contributed by atoms with E-state index in [-0.39, 0.29) is 6.04 Å². The Morgan fingerprint density at radius 2 is 1.73 bits per heavy atom. The van der Waals surface area contributed by atoms with Crippen LogP contribution in [0.2, 0.25) is 5.02 Å². The lowest BCUT2D eigenvalue weighted by Gasteiger charge is -2.26. The molecule has 3 N–H and O–H groups in total.